The van der Waals surface area contributed by atoms with E-state index >= 15 is 0 Å². The van der Waals surface area contributed by atoms with Crippen LogP contribution in [0.25, 0.3) is 21.3 Å². The van der Waals surface area contributed by atoms with Crippen molar-refractivity contribution in [3.05, 3.63) is 65.8 Å². The van der Waals surface area contributed by atoms with Crippen molar-refractivity contribution < 1.29 is 14.3 Å². The van der Waals surface area contributed by atoms with Gasteiger partial charge in [0.15, 0.2) is 10.9 Å². The number of hydrogen-bond acceptors (Lipinski definition) is 8. The molecule has 0 bridgehead atoms. The van der Waals surface area contributed by atoms with Crippen molar-refractivity contribution >= 4 is 61.5 Å². The van der Waals surface area contributed by atoms with Crippen LogP contribution in [0.15, 0.2) is 60.8 Å². The van der Waals surface area contributed by atoms with Gasteiger partial charge in [-0.05, 0) is 65.9 Å². The van der Waals surface area contributed by atoms with Crippen LogP contribution in [-0.4, -0.2) is 35.4 Å². The molecule has 0 unspecified atom stereocenters. The standard InChI is InChI=1S/C28H29ClN4O3S/c1-17(2)12-20(27(35)36-3)13-23(34)16-31-26-14-19(10-11-30-26)18-4-7-22(8-5-18)32-28-33-24-9-6-21(29)15-25(24)37-28/h4-11,14-15,17,20H,12-13,16H2,1-3H3,(H,30,31)(H,32,33)/t20-/m1/s1. The minimum Gasteiger partial charge on any atom is -0.469 e. The minimum absolute atomic E-state index is 0.0594. The Bertz CT molecular complexity index is 1390. The van der Waals surface area contributed by atoms with Gasteiger partial charge in [0.25, 0.3) is 0 Å². The largest absolute Gasteiger partial charge is 0.469 e. The maximum absolute atomic E-state index is 12.5. The highest BCUT2D eigenvalue weighted by Gasteiger charge is 2.23. The first-order valence-electron chi connectivity index (χ1n) is 12.0. The molecule has 0 radical (unpaired) electrons. The van der Waals surface area contributed by atoms with Gasteiger partial charge in [-0.25, -0.2) is 9.97 Å². The van der Waals surface area contributed by atoms with Crippen LogP contribution in [0.3, 0.4) is 0 Å². The Morgan fingerprint density at radius 2 is 1.84 bits per heavy atom. The number of pyridine rings is 1. The highest BCUT2D eigenvalue weighted by molar-refractivity contribution is 7.22. The third kappa shape index (κ3) is 7.27. The highest BCUT2D eigenvalue weighted by Crippen LogP contribution is 2.31. The molecular weight excluding hydrogens is 508 g/mol. The zero-order valence-corrected chi connectivity index (χ0v) is 22.5. The van der Waals surface area contributed by atoms with E-state index in [2.05, 4.69) is 20.6 Å². The van der Waals surface area contributed by atoms with Crippen LogP contribution >= 0.6 is 22.9 Å². The Labute approximate surface area is 225 Å². The Hall–Kier alpha value is -3.49. The number of nitrogens with zero attached hydrogens (tertiary/aromatic N) is 2. The molecule has 2 aromatic carbocycles. The molecule has 0 spiro atoms. The van der Waals surface area contributed by atoms with E-state index in [1.54, 1.807) is 17.5 Å². The smallest absolute Gasteiger partial charge is 0.309 e. The molecule has 9 heteroatoms. The summed E-state index contributed by atoms with van der Waals surface area (Å²) in [5, 5.41) is 7.93. The average Bonchev–Trinajstić information content (AvgIpc) is 3.28. The van der Waals surface area contributed by atoms with Gasteiger partial charge < -0.3 is 15.4 Å². The lowest BCUT2D eigenvalue weighted by Gasteiger charge is -2.16. The number of esters is 1. The summed E-state index contributed by atoms with van der Waals surface area (Å²) < 4.78 is 5.90. The maximum Gasteiger partial charge on any atom is 0.309 e. The van der Waals surface area contributed by atoms with E-state index in [1.165, 1.54) is 7.11 Å². The van der Waals surface area contributed by atoms with E-state index < -0.39 is 5.92 Å². The summed E-state index contributed by atoms with van der Waals surface area (Å²) in [7, 11) is 1.35. The number of Topliss-reactive ketones (excluding diaryl/α,β-unsaturated/α-hetero) is 1. The average molecular weight is 537 g/mol. The van der Waals surface area contributed by atoms with Gasteiger partial charge >= 0.3 is 5.97 Å². The fraction of sp³-hybridized carbons (Fsp3) is 0.286. The number of anilines is 3. The van der Waals surface area contributed by atoms with Crippen LogP contribution in [0.2, 0.25) is 5.02 Å². The minimum atomic E-state index is -0.425. The van der Waals surface area contributed by atoms with Crippen molar-refractivity contribution in [2.24, 2.45) is 11.8 Å². The summed E-state index contributed by atoms with van der Waals surface area (Å²) in [6.07, 6.45) is 2.47. The van der Waals surface area contributed by atoms with E-state index in [1.807, 2.05) is 68.4 Å². The number of carbonyl (C=O) groups excluding carboxylic acids is 2. The molecule has 4 rings (SSSR count). The molecule has 0 aliphatic rings. The van der Waals surface area contributed by atoms with E-state index in [-0.39, 0.29) is 24.7 Å². The van der Waals surface area contributed by atoms with Gasteiger partial charge in [-0.3, -0.25) is 9.59 Å². The van der Waals surface area contributed by atoms with Crippen LogP contribution in [0.1, 0.15) is 26.7 Å². The monoisotopic (exact) mass is 536 g/mol. The Morgan fingerprint density at radius 1 is 1.05 bits per heavy atom. The highest BCUT2D eigenvalue weighted by atomic mass is 35.5. The van der Waals surface area contributed by atoms with Crippen molar-refractivity contribution in [2.45, 2.75) is 26.7 Å². The number of fused-ring (bicyclic) bond motifs is 1. The molecule has 37 heavy (non-hydrogen) atoms. The van der Waals surface area contributed by atoms with Crippen molar-refractivity contribution in [2.75, 3.05) is 24.3 Å². The number of rotatable bonds is 11. The molecule has 2 aromatic heterocycles. The molecule has 0 saturated carbocycles. The van der Waals surface area contributed by atoms with Crippen molar-refractivity contribution in [3.8, 4) is 11.1 Å². The normalized spacial score (nSPS) is 11.9. The Balaban J connectivity index is 1.36. The SMILES string of the molecule is COC(=O)[C@@H](CC(=O)CNc1cc(-c2ccc(Nc3nc4ccc(Cl)cc4s3)cc2)ccn1)CC(C)C. The van der Waals surface area contributed by atoms with Crippen LogP contribution in [0.5, 0.6) is 0 Å². The first-order chi connectivity index (χ1) is 17.8. The van der Waals surface area contributed by atoms with E-state index in [4.69, 9.17) is 16.3 Å². The second-order valence-electron chi connectivity index (χ2n) is 9.21. The zero-order chi connectivity index (χ0) is 26.4. The first kappa shape index (κ1) is 26.6. The number of carbonyl (C=O) groups is 2. The van der Waals surface area contributed by atoms with Crippen LogP contribution < -0.4 is 10.6 Å². The quantitative estimate of drug-likeness (QED) is 0.200. The third-order valence-corrected chi connectivity index (χ3v) is 6.98. The number of ketones is 1. The number of ether oxygens (including phenoxy) is 1. The molecular formula is C28H29ClN4O3S. The number of halogens is 1. The third-order valence-electron chi connectivity index (χ3n) is 5.81. The molecule has 192 valence electrons. The fourth-order valence-corrected chi connectivity index (χ4v) is 5.23. The number of thiazole rings is 1. The number of nitrogens with one attached hydrogen (secondary N) is 2. The molecule has 0 amide bonds. The summed E-state index contributed by atoms with van der Waals surface area (Å²) in [6.45, 7) is 4.14. The van der Waals surface area contributed by atoms with Gasteiger partial charge in [0.05, 0.1) is 29.8 Å². The van der Waals surface area contributed by atoms with Crippen molar-refractivity contribution in [1.82, 2.24) is 9.97 Å². The molecule has 4 aromatic rings. The molecule has 2 N–H and O–H groups in total. The number of methoxy groups -OCH3 is 1. The molecule has 1 atom stereocenters. The lowest BCUT2D eigenvalue weighted by atomic mass is 9.92. The van der Waals surface area contributed by atoms with E-state index in [9.17, 15) is 9.59 Å². The molecule has 7 nitrogen and oxygen atoms in total. The van der Waals surface area contributed by atoms with E-state index in [0.29, 0.717) is 23.2 Å². The summed E-state index contributed by atoms with van der Waals surface area (Å²) >= 11 is 7.63. The van der Waals surface area contributed by atoms with E-state index in [0.717, 1.165) is 32.2 Å². The molecule has 0 saturated heterocycles. The van der Waals surface area contributed by atoms with Gasteiger partial charge in [-0.2, -0.15) is 0 Å². The molecule has 0 fully saturated rings. The maximum atomic E-state index is 12.5. The van der Waals surface area contributed by atoms with Gasteiger partial charge in [0, 0.05) is 23.3 Å². The van der Waals surface area contributed by atoms with Crippen LogP contribution in [0, 0.1) is 11.8 Å². The van der Waals surface area contributed by atoms with Crippen LogP contribution in [0.4, 0.5) is 16.6 Å². The van der Waals surface area contributed by atoms with Crippen molar-refractivity contribution in [3.63, 3.8) is 0 Å². The Kier molecular flexibility index (Phi) is 8.74. The number of benzene rings is 2. The summed E-state index contributed by atoms with van der Waals surface area (Å²) in [5.74, 6) is 0.0690. The summed E-state index contributed by atoms with van der Waals surface area (Å²) in [5.41, 5.74) is 3.82. The number of hydrogen-bond donors (Lipinski definition) is 2. The molecule has 0 aliphatic heterocycles. The van der Waals surface area contributed by atoms with Gasteiger partial charge in [-0.15, -0.1) is 0 Å². The molecule has 2 heterocycles. The first-order valence-corrected chi connectivity index (χ1v) is 13.2. The predicted octanol–water partition coefficient (Wildman–Crippen LogP) is 6.96. The zero-order valence-electron chi connectivity index (χ0n) is 21.0. The summed E-state index contributed by atoms with van der Waals surface area (Å²) in [6, 6.07) is 17.5. The van der Waals surface area contributed by atoms with Crippen LogP contribution in [-0.2, 0) is 14.3 Å². The second kappa shape index (κ2) is 12.2. The molecule has 0 aliphatic carbocycles. The fourth-order valence-electron chi connectivity index (χ4n) is 4.06. The Morgan fingerprint density at radius 3 is 2.57 bits per heavy atom. The topological polar surface area (TPSA) is 93.2 Å². The van der Waals surface area contributed by atoms with Crippen molar-refractivity contribution in [1.29, 1.82) is 0 Å². The van der Waals surface area contributed by atoms with Gasteiger partial charge in [0.1, 0.15) is 5.82 Å². The lowest BCUT2D eigenvalue weighted by Crippen LogP contribution is -2.25. The second-order valence-corrected chi connectivity index (χ2v) is 10.7. The summed E-state index contributed by atoms with van der Waals surface area (Å²) in [4.78, 5) is 33.5. The lowest BCUT2D eigenvalue weighted by molar-refractivity contribution is -0.147. The van der Waals surface area contributed by atoms with Gasteiger partial charge in [-0.1, -0.05) is 48.9 Å². The van der Waals surface area contributed by atoms with Gasteiger partial charge in [0.2, 0.25) is 0 Å². The number of aromatic nitrogens is 2. The predicted molar refractivity (Wildman–Crippen MR) is 151 cm³/mol.